The van der Waals surface area contributed by atoms with E-state index < -0.39 is 0 Å². The standard InChI is InChI=1S/C13H26.C7H16O2/c1-4-7-8-9-12-13(10-5-2)11-6-3;1-3-4-7(9)5-6(2)8/h4,13H,1,5-12H2,2-3H3;6-9H,3-5H2,1-2H3. The summed E-state index contributed by atoms with van der Waals surface area (Å²) in [5, 5.41) is 17.8. The summed E-state index contributed by atoms with van der Waals surface area (Å²) in [6, 6.07) is 0. The van der Waals surface area contributed by atoms with Crippen molar-refractivity contribution in [3.05, 3.63) is 12.7 Å². The minimum absolute atomic E-state index is 0.310. The first-order valence-electron chi connectivity index (χ1n) is 9.48. The molecule has 0 saturated heterocycles. The van der Waals surface area contributed by atoms with Crippen LogP contribution < -0.4 is 0 Å². The lowest BCUT2D eigenvalue weighted by molar-refractivity contribution is 0.0848. The van der Waals surface area contributed by atoms with Crippen molar-refractivity contribution in [2.75, 3.05) is 0 Å². The predicted molar refractivity (Wildman–Crippen MR) is 99.2 cm³/mol. The fourth-order valence-electron chi connectivity index (χ4n) is 2.82. The number of rotatable bonds is 13. The summed E-state index contributed by atoms with van der Waals surface area (Å²) in [6.45, 7) is 12.1. The fourth-order valence-corrected chi connectivity index (χ4v) is 2.82. The molecule has 0 aliphatic carbocycles. The zero-order chi connectivity index (χ0) is 17.2. The Kier molecular flexibility index (Phi) is 20.3. The van der Waals surface area contributed by atoms with Crippen LogP contribution in [0.15, 0.2) is 12.7 Å². The lowest BCUT2D eigenvalue weighted by atomic mass is 9.92. The van der Waals surface area contributed by atoms with Crippen LogP contribution in [0, 0.1) is 5.92 Å². The third-order valence-corrected chi connectivity index (χ3v) is 3.90. The molecular weight excluding hydrogens is 272 g/mol. The molecule has 0 fully saturated rings. The average molecular weight is 315 g/mol. The minimum atomic E-state index is -0.369. The summed E-state index contributed by atoms with van der Waals surface area (Å²) >= 11 is 0. The Hall–Kier alpha value is -0.340. The summed E-state index contributed by atoms with van der Waals surface area (Å²) in [6.07, 6.45) is 14.6. The molecule has 134 valence electrons. The Balaban J connectivity index is 0. The molecule has 0 aliphatic heterocycles. The molecule has 0 rings (SSSR count). The minimum Gasteiger partial charge on any atom is -0.393 e. The molecule has 2 atom stereocenters. The first kappa shape index (κ1) is 23.9. The van der Waals surface area contributed by atoms with E-state index in [0.29, 0.717) is 6.42 Å². The van der Waals surface area contributed by atoms with Gasteiger partial charge in [0.15, 0.2) is 0 Å². The molecule has 0 aromatic heterocycles. The average Bonchev–Trinajstić information content (AvgIpc) is 2.44. The highest BCUT2D eigenvalue weighted by molar-refractivity contribution is 4.66. The third-order valence-electron chi connectivity index (χ3n) is 3.90. The maximum Gasteiger partial charge on any atom is 0.0564 e. The van der Waals surface area contributed by atoms with Crippen molar-refractivity contribution in [3.63, 3.8) is 0 Å². The number of hydrogen-bond donors (Lipinski definition) is 2. The molecule has 2 nitrogen and oxygen atoms in total. The number of allylic oxidation sites excluding steroid dienone is 1. The van der Waals surface area contributed by atoms with E-state index in [1.54, 1.807) is 6.92 Å². The van der Waals surface area contributed by atoms with E-state index >= 15 is 0 Å². The van der Waals surface area contributed by atoms with E-state index in [0.717, 1.165) is 18.8 Å². The number of aliphatic hydroxyl groups is 2. The van der Waals surface area contributed by atoms with Crippen LogP contribution in [0.5, 0.6) is 0 Å². The van der Waals surface area contributed by atoms with Crippen molar-refractivity contribution in [2.45, 2.75) is 111 Å². The summed E-state index contributed by atoms with van der Waals surface area (Å²) in [5.41, 5.74) is 0. The van der Waals surface area contributed by atoms with Crippen LogP contribution in [-0.2, 0) is 0 Å². The van der Waals surface area contributed by atoms with Crippen LogP contribution >= 0.6 is 0 Å². The van der Waals surface area contributed by atoms with Gasteiger partial charge in [0, 0.05) is 0 Å². The van der Waals surface area contributed by atoms with Gasteiger partial charge >= 0.3 is 0 Å². The molecule has 0 heterocycles. The molecule has 2 N–H and O–H groups in total. The monoisotopic (exact) mass is 314 g/mol. The molecule has 0 aromatic rings. The van der Waals surface area contributed by atoms with Gasteiger partial charge in [-0.25, -0.2) is 0 Å². The predicted octanol–water partition coefficient (Wildman–Crippen LogP) is 5.87. The van der Waals surface area contributed by atoms with E-state index in [2.05, 4.69) is 20.4 Å². The highest BCUT2D eigenvalue weighted by atomic mass is 16.3. The first-order chi connectivity index (χ1) is 10.5. The number of unbranched alkanes of at least 4 members (excludes halogenated alkanes) is 2. The summed E-state index contributed by atoms with van der Waals surface area (Å²) in [5.74, 6) is 1.000. The van der Waals surface area contributed by atoms with Gasteiger partial charge in [0.25, 0.3) is 0 Å². The summed E-state index contributed by atoms with van der Waals surface area (Å²) < 4.78 is 0. The van der Waals surface area contributed by atoms with E-state index in [9.17, 15) is 0 Å². The topological polar surface area (TPSA) is 40.5 Å². The van der Waals surface area contributed by atoms with Gasteiger partial charge in [0.2, 0.25) is 0 Å². The van der Waals surface area contributed by atoms with Crippen LogP contribution in [0.3, 0.4) is 0 Å². The van der Waals surface area contributed by atoms with E-state index in [4.69, 9.17) is 10.2 Å². The Morgan fingerprint density at radius 3 is 1.82 bits per heavy atom. The molecular formula is C20H42O2. The highest BCUT2D eigenvalue weighted by Crippen LogP contribution is 2.20. The molecule has 0 aromatic carbocycles. The molecule has 22 heavy (non-hydrogen) atoms. The van der Waals surface area contributed by atoms with Crippen molar-refractivity contribution in [2.24, 2.45) is 5.92 Å². The van der Waals surface area contributed by atoms with Crippen molar-refractivity contribution in [1.29, 1.82) is 0 Å². The van der Waals surface area contributed by atoms with Crippen LogP contribution in [-0.4, -0.2) is 22.4 Å². The van der Waals surface area contributed by atoms with Gasteiger partial charge in [0.05, 0.1) is 12.2 Å². The molecule has 0 spiro atoms. The number of aliphatic hydroxyl groups excluding tert-OH is 2. The Bertz CT molecular complexity index is 208. The lowest BCUT2D eigenvalue weighted by Crippen LogP contribution is -2.13. The fraction of sp³-hybridized carbons (Fsp3) is 0.900. The van der Waals surface area contributed by atoms with Crippen molar-refractivity contribution >= 4 is 0 Å². The largest absolute Gasteiger partial charge is 0.393 e. The van der Waals surface area contributed by atoms with Crippen LogP contribution in [0.2, 0.25) is 0 Å². The molecule has 0 saturated carbocycles. The van der Waals surface area contributed by atoms with E-state index in [1.807, 2.05) is 13.0 Å². The second-order valence-electron chi connectivity index (χ2n) is 6.54. The second kappa shape index (κ2) is 18.7. The molecule has 2 heteroatoms. The van der Waals surface area contributed by atoms with Crippen molar-refractivity contribution < 1.29 is 10.2 Å². The quantitative estimate of drug-likeness (QED) is 0.330. The molecule has 0 aliphatic rings. The maximum atomic E-state index is 9.06. The van der Waals surface area contributed by atoms with Crippen LogP contribution in [0.1, 0.15) is 98.3 Å². The summed E-state index contributed by atoms with van der Waals surface area (Å²) in [7, 11) is 0. The van der Waals surface area contributed by atoms with Gasteiger partial charge in [-0.15, -0.1) is 6.58 Å². The summed E-state index contributed by atoms with van der Waals surface area (Å²) in [4.78, 5) is 0. The molecule has 0 radical (unpaired) electrons. The van der Waals surface area contributed by atoms with Crippen LogP contribution in [0.4, 0.5) is 0 Å². The third kappa shape index (κ3) is 19.7. The second-order valence-corrected chi connectivity index (χ2v) is 6.54. The van der Waals surface area contributed by atoms with E-state index in [1.165, 1.54) is 51.4 Å². The first-order valence-corrected chi connectivity index (χ1v) is 9.48. The SMILES string of the molecule is C=CCCCCC(CCC)CCC.CCCC(O)CC(C)O. The Morgan fingerprint density at radius 2 is 1.41 bits per heavy atom. The lowest BCUT2D eigenvalue weighted by Gasteiger charge is -2.14. The normalized spacial score (nSPS) is 13.4. The zero-order valence-corrected chi connectivity index (χ0v) is 15.7. The van der Waals surface area contributed by atoms with Gasteiger partial charge in [0.1, 0.15) is 0 Å². The van der Waals surface area contributed by atoms with Gasteiger partial charge in [-0.05, 0) is 38.5 Å². The van der Waals surface area contributed by atoms with Gasteiger partial charge < -0.3 is 10.2 Å². The highest BCUT2D eigenvalue weighted by Gasteiger charge is 2.05. The zero-order valence-electron chi connectivity index (χ0n) is 15.7. The smallest absolute Gasteiger partial charge is 0.0564 e. The Morgan fingerprint density at radius 1 is 0.864 bits per heavy atom. The van der Waals surface area contributed by atoms with E-state index in [-0.39, 0.29) is 12.2 Å². The molecule has 0 amide bonds. The Labute approximate surface area is 140 Å². The molecule has 2 unspecified atom stereocenters. The van der Waals surface area contributed by atoms with Crippen molar-refractivity contribution in [1.82, 2.24) is 0 Å². The molecule has 0 bridgehead atoms. The van der Waals surface area contributed by atoms with Gasteiger partial charge in [-0.1, -0.05) is 71.8 Å². The van der Waals surface area contributed by atoms with Crippen molar-refractivity contribution in [3.8, 4) is 0 Å². The number of hydrogen-bond acceptors (Lipinski definition) is 2. The van der Waals surface area contributed by atoms with Gasteiger partial charge in [-0.2, -0.15) is 0 Å². The van der Waals surface area contributed by atoms with Gasteiger partial charge in [-0.3, -0.25) is 0 Å². The maximum absolute atomic E-state index is 9.06. The van der Waals surface area contributed by atoms with Crippen LogP contribution in [0.25, 0.3) is 0 Å².